The number of amides is 1. The molecule has 2 N–H and O–H groups in total. The van der Waals surface area contributed by atoms with Crippen LogP contribution in [0.15, 0.2) is 24.5 Å². The lowest BCUT2D eigenvalue weighted by molar-refractivity contribution is -0.127. The van der Waals surface area contributed by atoms with Crippen LogP contribution in [0.4, 0.5) is 0 Å². The van der Waals surface area contributed by atoms with Crippen LogP contribution >= 0.6 is 12.4 Å². The molecule has 1 aliphatic rings. The molecule has 88 valence electrons. The van der Waals surface area contributed by atoms with Crippen LogP contribution in [0.1, 0.15) is 18.5 Å². The second-order valence-corrected chi connectivity index (χ2v) is 3.87. The first-order valence-electron chi connectivity index (χ1n) is 5.18. The number of hydrogen-bond donors (Lipinski definition) is 2. The molecule has 1 saturated heterocycles. The van der Waals surface area contributed by atoms with Crippen molar-refractivity contribution in [3.63, 3.8) is 0 Å². The van der Waals surface area contributed by atoms with Gasteiger partial charge in [0.25, 0.3) is 0 Å². The topological polar surface area (TPSA) is 54.0 Å². The van der Waals surface area contributed by atoms with Crippen LogP contribution in [0.3, 0.4) is 0 Å². The van der Waals surface area contributed by atoms with E-state index in [0.717, 1.165) is 18.7 Å². The van der Waals surface area contributed by atoms with Crippen LogP contribution in [0.5, 0.6) is 0 Å². The number of carbonyl (C=O) groups is 1. The number of hydrogen-bond acceptors (Lipinski definition) is 3. The molecule has 0 saturated carbocycles. The molecule has 0 aromatic carbocycles. The van der Waals surface area contributed by atoms with Crippen molar-refractivity contribution in [1.29, 1.82) is 0 Å². The summed E-state index contributed by atoms with van der Waals surface area (Å²) in [7, 11) is 0. The predicted molar refractivity (Wildman–Crippen MR) is 64.4 cm³/mol. The number of aromatic nitrogens is 1. The monoisotopic (exact) mass is 241 g/mol. The third kappa shape index (κ3) is 2.93. The highest BCUT2D eigenvalue weighted by molar-refractivity contribution is 5.85. The van der Waals surface area contributed by atoms with E-state index < -0.39 is 0 Å². The quantitative estimate of drug-likeness (QED) is 0.827. The predicted octanol–water partition coefficient (Wildman–Crippen LogP) is 0.900. The van der Waals surface area contributed by atoms with Gasteiger partial charge in [-0.05, 0) is 18.6 Å². The van der Waals surface area contributed by atoms with Crippen LogP contribution < -0.4 is 10.6 Å². The average Bonchev–Trinajstić information content (AvgIpc) is 2.16. The minimum atomic E-state index is 0. The zero-order valence-electron chi connectivity index (χ0n) is 9.14. The number of pyridine rings is 1. The molecule has 0 aliphatic carbocycles. The Morgan fingerprint density at radius 2 is 2.38 bits per heavy atom. The Labute approximate surface area is 101 Å². The van der Waals surface area contributed by atoms with Crippen molar-refractivity contribution < 1.29 is 4.79 Å². The Balaban J connectivity index is 0.00000128. The first-order chi connectivity index (χ1) is 7.27. The van der Waals surface area contributed by atoms with E-state index in [1.165, 1.54) is 0 Å². The molecule has 1 unspecified atom stereocenters. The van der Waals surface area contributed by atoms with E-state index in [9.17, 15) is 4.79 Å². The SMILES string of the molecule is CC(NC(=O)C1CNC1)c1cccnc1.Cl. The molecule has 1 fully saturated rings. The Kier molecular flexibility index (Phi) is 4.71. The fourth-order valence-electron chi connectivity index (χ4n) is 1.52. The largest absolute Gasteiger partial charge is 0.349 e. The number of halogens is 1. The molecule has 1 atom stereocenters. The lowest BCUT2D eigenvalue weighted by Gasteiger charge is -2.27. The van der Waals surface area contributed by atoms with E-state index in [0.29, 0.717) is 0 Å². The highest BCUT2D eigenvalue weighted by atomic mass is 35.5. The van der Waals surface area contributed by atoms with E-state index in [-0.39, 0.29) is 30.3 Å². The van der Waals surface area contributed by atoms with Crippen LogP contribution in [0, 0.1) is 5.92 Å². The van der Waals surface area contributed by atoms with Gasteiger partial charge in [0.1, 0.15) is 0 Å². The van der Waals surface area contributed by atoms with Crippen molar-refractivity contribution in [2.24, 2.45) is 5.92 Å². The summed E-state index contributed by atoms with van der Waals surface area (Å²) >= 11 is 0. The van der Waals surface area contributed by atoms with Crippen molar-refractivity contribution in [3.05, 3.63) is 30.1 Å². The molecule has 2 rings (SSSR count). The second-order valence-electron chi connectivity index (χ2n) is 3.87. The van der Waals surface area contributed by atoms with Gasteiger partial charge in [0.15, 0.2) is 0 Å². The maximum absolute atomic E-state index is 11.6. The van der Waals surface area contributed by atoms with Gasteiger partial charge in [0.05, 0.1) is 12.0 Å². The molecule has 0 bridgehead atoms. The summed E-state index contributed by atoms with van der Waals surface area (Å²) in [5, 5.41) is 6.06. The second kappa shape index (κ2) is 5.82. The molecule has 2 heterocycles. The molecular formula is C11H16ClN3O. The zero-order chi connectivity index (χ0) is 10.7. The fraction of sp³-hybridized carbons (Fsp3) is 0.455. The summed E-state index contributed by atoms with van der Waals surface area (Å²) in [6.07, 6.45) is 3.51. The minimum Gasteiger partial charge on any atom is -0.349 e. The van der Waals surface area contributed by atoms with Crippen LogP contribution in [0.25, 0.3) is 0 Å². The van der Waals surface area contributed by atoms with Crippen molar-refractivity contribution in [2.75, 3.05) is 13.1 Å². The highest BCUT2D eigenvalue weighted by Gasteiger charge is 2.25. The Bertz CT molecular complexity index is 340. The summed E-state index contributed by atoms with van der Waals surface area (Å²) in [4.78, 5) is 15.7. The number of nitrogens with zero attached hydrogens (tertiary/aromatic N) is 1. The lowest BCUT2D eigenvalue weighted by Crippen LogP contribution is -2.51. The molecule has 1 aromatic heterocycles. The average molecular weight is 242 g/mol. The van der Waals surface area contributed by atoms with Gasteiger partial charge in [-0.15, -0.1) is 12.4 Å². The maximum atomic E-state index is 11.6. The van der Waals surface area contributed by atoms with Crippen molar-refractivity contribution in [1.82, 2.24) is 15.6 Å². The molecule has 0 radical (unpaired) electrons. The Morgan fingerprint density at radius 3 is 2.88 bits per heavy atom. The summed E-state index contributed by atoms with van der Waals surface area (Å²) in [5.41, 5.74) is 1.04. The van der Waals surface area contributed by atoms with E-state index in [1.807, 2.05) is 19.1 Å². The summed E-state index contributed by atoms with van der Waals surface area (Å²) in [6.45, 7) is 3.57. The molecule has 16 heavy (non-hydrogen) atoms. The van der Waals surface area contributed by atoms with E-state index in [1.54, 1.807) is 12.4 Å². The molecule has 1 aromatic rings. The third-order valence-electron chi connectivity index (χ3n) is 2.70. The number of nitrogens with one attached hydrogen (secondary N) is 2. The van der Waals surface area contributed by atoms with Gasteiger partial charge in [0.2, 0.25) is 5.91 Å². The normalized spacial score (nSPS) is 16.8. The fourth-order valence-corrected chi connectivity index (χ4v) is 1.52. The van der Waals surface area contributed by atoms with Crippen molar-refractivity contribution in [2.45, 2.75) is 13.0 Å². The molecular weight excluding hydrogens is 226 g/mol. The van der Waals surface area contributed by atoms with Gasteiger partial charge in [-0.25, -0.2) is 0 Å². The number of carbonyl (C=O) groups excluding carboxylic acids is 1. The van der Waals surface area contributed by atoms with Crippen LogP contribution in [0.2, 0.25) is 0 Å². The molecule has 1 amide bonds. The summed E-state index contributed by atoms with van der Waals surface area (Å²) in [6, 6.07) is 3.88. The van der Waals surface area contributed by atoms with Gasteiger partial charge in [-0.1, -0.05) is 6.07 Å². The lowest BCUT2D eigenvalue weighted by atomic mass is 10.0. The van der Waals surface area contributed by atoms with Gasteiger partial charge in [-0.3, -0.25) is 9.78 Å². The van der Waals surface area contributed by atoms with Gasteiger partial charge >= 0.3 is 0 Å². The first kappa shape index (κ1) is 12.9. The zero-order valence-corrected chi connectivity index (χ0v) is 9.96. The third-order valence-corrected chi connectivity index (χ3v) is 2.70. The van der Waals surface area contributed by atoms with Crippen molar-refractivity contribution in [3.8, 4) is 0 Å². The molecule has 1 aliphatic heterocycles. The smallest absolute Gasteiger partial charge is 0.226 e. The van der Waals surface area contributed by atoms with E-state index in [4.69, 9.17) is 0 Å². The van der Waals surface area contributed by atoms with Gasteiger partial charge in [0, 0.05) is 25.5 Å². The molecule has 4 nitrogen and oxygen atoms in total. The molecule has 0 spiro atoms. The molecule has 5 heteroatoms. The van der Waals surface area contributed by atoms with Crippen LogP contribution in [-0.2, 0) is 4.79 Å². The first-order valence-corrected chi connectivity index (χ1v) is 5.18. The van der Waals surface area contributed by atoms with E-state index in [2.05, 4.69) is 15.6 Å². The van der Waals surface area contributed by atoms with Gasteiger partial charge < -0.3 is 10.6 Å². The Hall–Kier alpha value is -1.13. The standard InChI is InChI=1S/C11H15N3O.ClH/c1-8(9-3-2-4-12-5-9)14-11(15)10-6-13-7-10;/h2-5,8,10,13H,6-7H2,1H3,(H,14,15);1H. The van der Waals surface area contributed by atoms with Gasteiger partial charge in [-0.2, -0.15) is 0 Å². The maximum Gasteiger partial charge on any atom is 0.226 e. The van der Waals surface area contributed by atoms with E-state index >= 15 is 0 Å². The number of rotatable bonds is 3. The highest BCUT2D eigenvalue weighted by Crippen LogP contribution is 2.12. The summed E-state index contributed by atoms with van der Waals surface area (Å²) < 4.78 is 0. The Morgan fingerprint density at radius 1 is 1.62 bits per heavy atom. The van der Waals surface area contributed by atoms with Crippen molar-refractivity contribution >= 4 is 18.3 Å². The summed E-state index contributed by atoms with van der Waals surface area (Å²) in [5.74, 6) is 0.272. The van der Waals surface area contributed by atoms with Crippen LogP contribution in [-0.4, -0.2) is 24.0 Å². The minimum absolute atomic E-state index is 0.